The Hall–Kier alpha value is -0.570. The molecule has 0 amide bonds. The quantitative estimate of drug-likeness (QED) is 0.547. The van der Waals surface area contributed by atoms with Crippen molar-refractivity contribution in [2.24, 2.45) is 5.73 Å². The van der Waals surface area contributed by atoms with E-state index in [1.165, 1.54) is 0 Å². The molecule has 0 aromatic heterocycles. The third-order valence-electron chi connectivity index (χ3n) is 0.448. The van der Waals surface area contributed by atoms with Crippen LogP contribution in [-0.4, -0.2) is 6.79 Å². The summed E-state index contributed by atoms with van der Waals surface area (Å²) in [7, 11) is 0. The topological polar surface area (TPSA) is 43.1 Å². The van der Waals surface area contributed by atoms with Crippen LogP contribution in [0.3, 0.4) is 0 Å². The SMILES string of the molecule is C/C=C\C=C(/N)Br.C=O.CC. The van der Waals surface area contributed by atoms with Gasteiger partial charge in [-0.2, -0.15) is 0 Å². The van der Waals surface area contributed by atoms with Gasteiger partial charge in [0.2, 0.25) is 0 Å². The highest BCUT2D eigenvalue weighted by atomic mass is 79.9. The largest absolute Gasteiger partial charge is 0.393 e. The molecule has 2 N–H and O–H groups in total. The molecule has 0 heterocycles. The number of halogens is 1. The third kappa shape index (κ3) is 44.2. The van der Waals surface area contributed by atoms with Gasteiger partial charge >= 0.3 is 0 Å². The number of carbonyl (C=O) groups is 1. The maximum Gasteiger partial charge on any atom is 0.106 e. The normalized spacial score (nSPS) is 9.27. The molecule has 0 atom stereocenters. The van der Waals surface area contributed by atoms with E-state index < -0.39 is 0 Å². The van der Waals surface area contributed by atoms with E-state index in [9.17, 15) is 0 Å². The fourth-order valence-electron chi connectivity index (χ4n) is 0.188. The molecule has 0 fully saturated rings. The van der Waals surface area contributed by atoms with Crippen molar-refractivity contribution in [1.29, 1.82) is 0 Å². The Morgan fingerprint density at radius 2 is 1.82 bits per heavy atom. The minimum Gasteiger partial charge on any atom is -0.393 e. The summed E-state index contributed by atoms with van der Waals surface area (Å²) in [5.74, 6) is 0. The predicted octanol–water partition coefficient (Wildman–Crippen LogP) is 2.60. The second-order valence-corrected chi connectivity index (χ2v) is 1.99. The first-order valence-electron chi connectivity index (χ1n) is 3.30. The number of allylic oxidation sites excluding steroid dienone is 3. The lowest BCUT2D eigenvalue weighted by Gasteiger charge is -1.77. The fraction of sp³-hybridized carbons (Fsp3) is 0.375. The Morgan fingerprint density at radius 1 is 1.45 bits per heavy atom. The zero-order valence-electron chi connectivity index (χ0n) is 7.30. The molecule has 2 nitrogen and oxygen atoms in total. The Bertz CT molecular complexity index is 107. The molecule has 0 rings (SSSR count). The van der Waals surface area contributed by atoms with Crippen molar-refractivity contribution in [3.8, 4) is 0 Å². The molecule has 0 saturated carbocycles. The molecule has 3 heteroatoms. The van der Waals surface area contributed by atoms with Crippen LogP contribution in [0.25, 0.3) is 0 Å². The van der Waals surface area contributed by atoms with E-state index in [-0.39, 0.29) is 0 Å². The summed E-state index contributed by atoms with van der Waals surface area (Å²) in [6.45, 7) is 7.94. The highest BCUT2D eigenvalue weighted by molar-refractivity contribution is 9.11. The lowest BCUT2D eigenvalue weighted by molar-refractivity contribution is -0.0979. The van der Waals surface area contributed by atoms with Gasteiger partial charge in [-0.15, -0.1) is 0 Å². The van der Waals surface area contributed by atoms with Crippen molar-refractivity contribution in [1.82, 2.24) is 0 Å². The van der Waals surface area contributed by atoms with Gasteiger partial charge in [0.05, 0.1) is 4.61 Å². The molecular formula is C8H16BrNO. The van der Waals surface area contributed by atoms with E-state index in [0.29, 0.717) is 4.61 Å². The Kier molecular flexibility index (Phi) is 34.7. The zero-order valence-corrected chi connectivity index (χ0v) is 8.89. The number of hydrogen-bond acceptors (Lipinski definition) is 2. The first-order chi connectivity index (χ1) is 5.27. The van der Waals surface area contributed by atoms with Crippen LogP contribution in [0.15, 0.2) is 22.8 Å². The van der Waals surface area contributed by atoms with Gasteiger partial charge < -0.3 is 10.5 Å². The van der Waals surface area contributed by atoms with Crippen LogP contribution in [0.1, 0.15) is 20.8 Å². The van der Waals surface area contributed by atoms with Crippen molar-refractivity contribution >= 4 is 22.7 Å². The van der Waals surface area contributed by atoms with E-state index in [1.807, 2.05) is 39.7 Å². The van der Waals surface area contributed by atoms with Gasteiger partial charge in [0.1, 0.15) is 6.79 Å². The highest BCUT2D eigenvalue weighted by Crippen LogP contribution is 1.92. The standard InChI is InChI=1S/C5H8BrN.C2H6.CH2O/c1-2-3-4-5(6)7;2*1-2/h2-4H,7H2,1H3;1-2H3;1H2/b3-2-,5-4-;;. The summed E-state index contributed by atoms with van der Waals surface area (Å²) in [6, 6.07) is 0. The van der Waals surface area contributed by atoms with Gasteiger partial charge in [-0.3, -0.25) is 0 Å². The van der Waals surface area contributed by atoms with Crippen molar-refractivity contribution in [2.75, 3.05) is 0 Å². The molecule has 0 aliphatic carbocycles. The maximum atomic E-state index is 8.00. The third-order valence-corrected chi connectivity index (χ3v) is 0.712. The Labute approximate surface area is 77.3 Å². The Balaban J connectivity index is -0.000000138. The van der Waals surface area contributed by atoms with Gasteiger partial charge in [-0.05, 0) is 28.9 Å². The van der Waals surface area contributed by atoms with E-state index >= 15 is 0 Å². The predicted molar refractivity (Wildman–Crippen MR) is 54.5 cm³/mol. The van der Waals surface area contributed by atoms with Gasteiger partial charge in [-0.25, -0.2) is 0 Å². The van der Waals surface area contributed by atoms with Gasteiger partial charge in [0.25, 0.3) is 0 Å². The van der Waals surface area contributed by atoms with E-state index in [4.69, 9.17) is 10.5 Å². The number of hydrogen-bond donors (Lipinski definition) is 1. The lowest BCUT2D eigenvalue weighted by Crippen LogP contribution is -1.82. The monoisotopic (exact) mass is 221 g/mol. The zero-order chi connectivity index (χ0) is 9.70. The fourth-order valence-corrected chi connectivity index (χ4v) is 0.341. The first-order valence-corrected chi connectivity index (χ1v) is 4.09. The van der Waals surface area contributed by atoms with Gasteiger partial charge in [0, 0.05) is 0 Å². The minimum atomic E-state index is 0.658. The summed E-state index contributed by atoms with van der Waals surface area (Å²) < 4.78 is 0.658. The minimum absolute atomic E-state index is 0.658. The van der Waals surface area contributed by atoms with Crippen LogP contribution in [0.4, 0.5) is 0 Å². The summed E-state index contributed by atoms with van der Waals surface area (Å²) >= 11 is 3.06. The average molecular weight is 222 g/mol. The van der Waals surface area contributed by atoms with E-state index in [0.717, 1.165) is 0 Å². The molecule has 11 heavy (non-hydrogen) atoms. The van der Waals surface area contributed by atoms with Crippen LogP contribution in [0.2, 0.25) is 0 Å². The summed E-state index contributed by atoms with van der Waals surface area (Å²) in [4.78, 5) is 8.00. The van der Waals surface area contributed by atoms with Crippen molar-refractivity contribution in [2.45, 2.75) is 20.8 Å². The molecular weight excluding hydrogens is 206 g/mol. The summed E-state index contributed by atoms with van der Waals surface area (Å²) in [5.41, 5.74) is 5.20. The van der Waals surface area contributed by atoms with E-state index in [2.05, 4.69) is 15.9 Å². The summed E-state index contributed by atoms with van der Waals surface area (Å²) in [5, 5.41) is 0. The molecule has 0 spiro atoms. The van der Waals surface area contributed by atoms with Crippen LogP contribution in [-0.2, 0) is 4.79 Å². The molecule has 0 aliphatic heterocycles. The molecule has 0 unspecified atom stereocenters. The van der Waals surface area contributed by atoms with Crippen molar-refractivity contribution in [3.05, 3.63) is 22.8 Å². The lowest BCUT2D eigenvalue weighted by atomic mass is 10.5. The highest BCUT2D eigenvalue weighted by Gasteiger charge is 1.68. The van der Waals surface area contributed by atoms with Crippen LogP contribution < -0.4 is 5.73 Å². The van der Waals surface area contributed by atoms with Gasteiger partial charge in [-0.1, -0.05) is 26.0 Å². The first kappa shape index (κ1) is 16.8. The number of nitrogens with two attached hydrogens (primary N) is 1. The number of carbonyl (C=O) groups excluding carboxylic acids is 1. The second-order valence-electron chi connectivity index (χ2n) is 1.08. The molecule has 0 radical (unpaired) electrons. The molecule has 0 bridgehead atoms. The molecule has 0 saturated heterocycles. The number of rotatable bonds is 1. The van der Waals surface area contributed by atoms with Crippen molar-refractivity contribution in [3.63, 3.8) is 0 Å². The average Bonchev–Trinajstić information content (AvgIpc) is 2.08. The van der Waals surface area contributed by atoms with E-state index in [1.54, 1.807) is 6.08 Å². The van der Waals surface area contributed by atoms with Crippen LogP contribution >= 0.6 is 15.9 Å². The summed E-state index contributed by atoms with van der Waals surface area (Å²) in [6.07, 6.45) is 5.55. The molecule has 66 valence electrons. The van der Waals surface area contributed by atoms with Crippen LogP contribution in [0, 0.1) is 0 Å². The molecule has 0 aromatic carbocycles. The van der Waals surface area contributed by atoms with Crippen LogP contribution in [0.5, 0.6) is 0 Å². The Morgan fingerprint density at radius 3 is 1.91 bits per heavy atom. The molecule has 0 aromatic rings. The van der Waals surface area contributed by atoms with Gasteiger partial charge in [0.15, 0.2) is 0 Å². The molecule has 0 aliphatic rings. The smallest absolute Gasteiger partial charge is 0.106 e. The van der Waals surface area contributed by atoms with Crippen molar-refractivity contribution < 1.29 is 4.79 Å². The second kappa shape index (κ2) is 22.7. The maximum absolute atomic E-state index is 8.00.